The van der Waals surface area contributed by atoms with Gasteiger partial charge in [-0.2, -0.15) is 0 Å². The van der Waals surface area contributed by atoms with Crippen molar-refractivity contribution in [1.82, 2.24) is 0 Å². The van der Waals surface area contributed by atoms with Gasteiger partial charge in [0, 0.05) is 0 Å². The lowest BCUT2D eigenvalue weighted by Gasteiger charge is -2.13. The summed E-state index contributed by atoms with van der Waals surface area (Å²) in [5, 5.41) is 9.75. The van der Waals surface area contributed by atoms with Crippen LogP contribution >= 0.6 is 22.6 Å². The van der Waals surface area contributed by atoms with Gasteiger partial charge in [-0.1, -0.05) is 35.9 Å². The van der Waals surface area contributed by atoms with Gasteiger partial charge >= 0.3 is 0 Å². The van der Waals surface area contributed by atoms with Crippen LogP contribution in [-0.2, 0) is 4.74 Å². The van der Waals surface area contributed by atoms with Gasteiger partial charge in [0.25, 0.3) is 6.16 Å². The fraction of sp³-hybridized carbons (Fsp3) is 0.800. The molecule has 0 aliphatic rings. The van der Waals surface area contributed by atoms with Crippen molar-refractivity contribution < 1.29 is 14.6 Å². The maximum atomic E-state index is 9.75. The van der Waals surface area contributed by atoms with E-state index in [0.717, 1.165) is 12.8 Å². The van der Waals surface area contributed by atoms with Crippen molar-refractivity contribution in [2.45, 2.75) is 23.9 Å². The second kappa shape index (κ2) is 4.84. The molecule has 54 valence electrons. The minimum Gasteiger partial charge on any atom is -0.536 e. The largest absolute Gasteiger partial charge is 0.536 e. The zero-order valence-corrected chi connectivity index (χ0v) is 7.25. The lowest BCUT2D eigenvalue weighted by atomic mass is 10.4. The van der Waals surface area contributed by atoms with E-state index in [9.17, 15) is 9.90 Å². The molecule has 4 heteroatoms. The number of carboxylic acid groups (broad SMARTS) is 1. The molecular weight excluding hydrogens is 235 g/mol. The predicted octanol–water partition coefficient (Wildman–Crippen LogP) is 0.907. The van der Waals surface area contributed by atoms with Crippen molar-refractivity contribution >= 4 is 28.7 Å². The Kier molecular flexibility index (Phi) is 4.84. The average molecular weight is 243 g/mol. The molecule has 0 amide bonds. The number of rotatable bonds is 3. The number of hydrogen-bond donors (Lipinski definition) is 0. The standard InChI is InChI=1S/C5H9IO3/c1-2-3-4(6)9-5(7)8/h4H,2-3H2,1H3,(H,7,8)/p-1. The fourth-order valence-electron chi connectivity index (χ4n) is 0.390. The number of alkyl halides is 1. The van der Waals surface area contributed by atoms with Crippen LogP contribution in [0.2, 0.25) is 0 Å². The first-order valence-electron chi connectivity index (χ1n) is 2.68. The Balaban J connectivity index is 3.26. The molecule has 0 aliphatic heterocycles. The van der Waals surface area contributed by atoms with Gasteiger partial charge < -0.3 is 14.6 Å². The van der Waals surface area contributed by atoms with E-state index >= 15 is 0 Å². The minimum atomic E-state index is -1.44. The van der Waals surface area contributed by atoms with E-state index in [4.69, 9.17) is 0 Å². The molecule has 9 heavy (non-hydrogen) atoms. The van der Waals surface area contributed by atoms with Crippen LogP contribution in [0.4, 0.5) is 4.79 Å². The highest BCUT2D eigenvalue weighted by Gasteiger charge is 1.97. The summed E-state index contributed by atoms with van der Waals surface area (Å²) in [6.45, 7) is 1.96. The summed E-state index contributed by atoms with van der Waals surface area (Å²) >= 11 is 1.91. The molecule has 0 fully saturated rings. The molecule has 0 aromatic heterocycles. The van der Waals surface area contributed by atoms with E-state index in [-0.39, 0.29) is 4.11 Å². The van der Waals surface area contributed by atoms with E-state index in [0.29, 0.717) is 0 Å². The molecule has 1 atom stereocenters. The number of ether oxygens (including phenoxy) is 1. The number of carbonyl (C=O) groups excluding carboxylic acids is 1. The number of hydrogen-bond acceptors (Lipinski definition) is 3. The van der Waals surface area contributed by atoms with E-state index in [1.807, 2.05) is 29.5 Å². The van der Waals surface area contributed by atoms with E-state index in [1.165, 1.54) is 0 Å². The first-order valence-corrected chi connectivity index (χ1v) is 3.93. The third-order valence-corrected chi connectivity index (χ3v) is 1.62. The normalized spacial score (nSPS) is 12.7. The zero-order valence-electron chi connectivity index (χ0n) is 5.09. The zero-order chi connectivity index (χ0) is 7.28. The Morgan fingerprint density at radius 1 is 1.89 bits per heavy atom. The topological polar surface area (TPSA) is 49.4 Å². The van der Waals surface area contributed by atoms with Gasteiger partial charge in [-0.05, 0) is 6.42 Å². The van der Waals surface area contributed by atoms with E-state index in [2.05, 4.69) is 4.74 Å². The second-order valence-electron chi connectivity index (χ2n) is 1.57. The predicted molar refractivity (Wildman–Crippen MR) is 39.2 cm³/mol. The monoisotopic (exact) mass is 243 g/mol. The Morgan fingerprint density at radius 3 is 2.78 bits per heavy atom. The maximum absolute atomic E-state index is 9.75. The van der Waals surface area contributed by atoms with Gasteiger partial charge in [-0.25, -0.2) is 0 Å². The second-order valence-corrected chi connectivity index (χ2v) is 2.96. The molecule has 1 unspecified atom stereocenters. The first-order chi connectivity index (χ1) is 4.16. The Hall–Kier alpha value is 0. The van der Waals surface area contributed by atoms with Crippen molar-refractivity contribution in [3.63, 3.8) is 0 Å². The Bertz CT molecular complexity index is 94.2. The molecule has 0 rings (SSSR count). The van der Waals surface area contributed by atoms with Crippen LogP contribution < -0.4 is 5.11 Å². The van der Waals surface area contributed by atoms with Gasteiger partial charge in [-0.3, -0.25) is 0 Å². The van der Waals surface area contributed by atoms with Crippen LogP contribution in [0.3, 0.4) is 0 Å². The minimum absolute atomic E-state index is 0.252. The summed E-state index contributed by atoms with van der Waals surface area (Å²) in [6.07, 6.45) is 0.220. The first kappa shape index (κ1) is 9.00. The summed E-state index contributed by atoms with van der Waals surface area (Å²) in [5.41, 5.74) is 0. The highest BCUT2D eigenvalue weighted by Crippen LogP contribution is 2.08. The van der Waals surface area contributed by atoms with Crippen molar-refractivity contribution in [3.05, 3.63) is 0 Å². The smallest absolute Gasteiger partial charge is 0.253 e. The highest BCUT2D eigenvalue weighted by molar-refractivity contribution is 14.1. The fourth-order valence-corrected chi connectivity index (χ4v) is 1.22. The molecule has 3 nitrogen and oxygen atoms in total. The van der Waals surface area contributed by atoms with Crippen LogP contribution in [0.1, 0.15) is 19.8 Å². The Morgan fingerprint density at radius 2 is 2.44 bits per heavy atom. The lowest BCUT2D eigenvalue weighted by Crippen LogP contribution is -2.26. The van der Waals surface area contributed by atoms with E-state index in [1.54, 1.807) is 0 Å². The van der Waals surface area contributed by atoms with Crippen molar-refractivity contribution in [3.8, 4) is 0 Å². The molecule has 0 aliphatic carbocycles. The van der Waals surface area contributed by atoms with Crippen LogP contribution in [0.5, 0.6) is 0 Å². The summed E-state index contributed by atoms with van der Waals surface area (Å²) in [4.78, 5) is 9.75. The van der Waals surface area contributed by atoms with Crippen molar-refractivity contribution in [2.24, 2.45) is 0 Å². The Labute approximate surface area is 67.5 Å². The van der Waals surface area contributed by atoms with Crippen LogP contribution in [0.25, 0.3) is 0 Å². The molecule has 0 saturated heterocycles. The summed E-state index contributed by atoms with van der Waals surface area (Å²) < 4.78 is 4.03. The third-order valence-electron chi connectivity index (χ3n) is 0.740. The molecule has 0 bridgehead atoms. The summed E-state index contributed by atoms with van der Waals surface area (Å²) in [6, 6.07) is 0. The SMILES string of the molecule is CCCC(I)OC(=O)[O-]. The molecule has 0 saturated carbocycles. The molecule has 0 radical (unpaired) electrons. The van der Waals surface area contributed by atoms with Gasteiger partial charge in [0.15, 0.2) is 0 Å². The highest BCUT2D eigenvalue weighted by atomic mass is 127. The van der Waals surface area contributed by atoms with E-state index < -0.39 is 6.16 Å². The quantitative estimate of drug-likeness (QED) is 0.420. The van der Waals surface area contributed by atoms with Gasteiger partial charge in [0.2, 0.25) is 0 Å². The third kappa shape index (κ3) is 5.88. The summed E-state index contributed by atoms with van der Waals surface area (Å²) in [5.74, 6) is 0. The molecule has 0 N–H and O–H groups in total. The molecule has 0 heterocycles. The lowest BCUT2D eigenvalue weighted by molar-refractivity contribution is -0.283. The number of carbonyl (C=O) groups is 1. The van der Waals surface area contributed by atoms with Crippen molar-refractivity contribution in [1.29, 1.82) is 0 Å². The number of halogens is 1. The molecule has 0 aromatic carbocycles. The maximum Gasteiger partial charge on any atom is 0.253 e. The van der Waals surface area contributed by atoms with Crippen LogP contribution in [0.15, 0.2) is 0 Å². The molecule has 0 aromatic rings. The summed E-state index contributed by atoms with van der Waals surface area (Å²) in [7, 11) is 0. The van der Waals surface area contributed by atoms with Gasteiger partial charge in [0.1, 0.15) is 0 Å². The van der Waals surface area contributed by atoms with Crippen LogP contribution in [-0.4, -0.2) is 10.3 Å². The van der Waals surface area contributed by atoms with Gasteiger partial charge in [-0.15, -0.1) is 0 Å². The van der Waals surface area contributed by atoms with Crippen LogP contribution in [0, 0.1) is 0 Å². The van der Waals surface area contributed by atoms with Crippen molar-refractivity contribution in [2.75, 3.05) is 0 Å². The molecular formula is C5H8IO3-. The molecule has 0 spiro atoms. The average Bonchev–Trinajstić information content (AvgIpc) is 1.63. The van der Waals surface area contributed by atoms with Gasteiger partial charge in [0.05, 0.1) is 4.11 Å².